The number of hydrogen-bond donors (Lipinski definition) is 1. The molecule has 0 spiro atoms. The van der Waals surface area contributed by atoms with Gasteiger partial charge in [0, 0.05) is 17.8 Å². The molecule has 4 nitrogen and oxygen atoms in total. The van der Waals surface area contributed by atoms with Crippen molar-refractivity contribution in [3.8, 4) is 0 Å². The van der Waals surface area contributed by atoms with E-state index in [0.717, 1.165) is 5.56 Å². The third kappa shape index (κ3) is 3.23. The third-order valence-corrected chi connectivity index (χ3v) is 3.15. The van der Waals surface area contributed by atoms with Crippen molar-refractivity contribution in [1.82, 2.24) is 0 Å². The van der Waals surface area contributed by atoms with E-state index in [-0.39, 0.29) is 16.8 Å². The zero-order valence-electron chi connectivity index (χ0n) is 10.3. The lowest BCUT2D eigenvalue weighted by Gasteiger charge is -2.15. The Balaban J connectivity index is 2.20. The minimum Gasteiger partial charge on any atom is -0.378 e. The summed E-state index contributed by atoms with van der Waals surface area (Å²) < 4.78 is 0. The number of nitrogens with one attached hydrogen (secondary N) is 1. The van der Waals surface area contributed by atoms with Gasteiger partial charge in [-0.05, 0) is 24.6 Å². The van der Waals surface area contributed by atoms with Crippen molar-refractivity contribution in [2.75, 3.05) is 5.32 Å². The van der Waals surface area contributed by atoms with Crippen LogP contribution in [0.15, 0.2) is 48.5 Å². The molecule has 0 amide bonds. The van der Waals surface area contributed by atoms with Crippen molar-refractivity contribution in [3.05, 3.63) is 69.2 Å². The van der Waals surface area contributed by atoms with Crippen LogP contribution in [-0.4, -0.2) is 4.92 Å². The van der Waals surface area contributed by atoms with Crippen molar-refractivity contribution in [1.29, 1.82) is 0 Å². The lowest BCUT2D eigenvalue weighted by Crippen LogP contribution is -2.06. The van der Waals surface area contributed by atoms with Gasteiger partial charge in [0.05, 0.1) is 4.92 Å². The normalized spacial score (nSPS) is 11.9. The zero-order valence-corrected chi connectivity index (χ0v) is 11.1. The van der Waals surface area contributed by atoms with E-state index in [1.54, 1.807) is 6.07 Å². The first-order chi connectivity index (χ1) is 9.08. The summed E-state index contributed by atoms with van der Waals surface area (Å²) in [6.45, 7) is 2.00. The molecule has 0 fully saturated rings. The van der Waals surface area contributed by atoms with Gasteiger partial charge in [0.25, 0.3) is 5.69 Å². The van der Waals surface area contributed by atoms with Gasteiger partial charge in [-0.1, -0.05) is 41.9 Å². The number of benzene rings is 2. The Hall–Kier alpha value is -2.07. The van der Waals surface area contributed by atoms with Crippen molar-refractivity contribution in [2.24, 2.45) is 0 Å². The molecular formula is C14H13ClN2O2. The number of hydrogen-bond acceptors (Lipinski definition) is 3. The van der Waals surface area contributed by atoms with Gasteiger partial charge in [-0.3, -0.25) is 10.1 Å². The molecule has 1 N–H and O–H groups in total. The molecule has 0 bridgehead atoms. The molecule has 0 aliphatic carbocycles. The van der Waals surface area contributed by atoms with Crippen LogP contribution in [0.25, 0.3) is 0 Å². The van der Waals surface area contributed by atoms with Crippen molar-refractivity contribution < 1.29 is 4.92 Å². The predicted octanol–water partition coefficient (Wildman–Crippen LogP) is 4.42. The van der Waals surface area contributed by atoms with Crippen molar-refractivity contribution >= 4 is 23.0 Å². The molecule has 0 aliphatic heterocycles. The first kappa shape index (κ1) is 13.4. The lowest BCUT2D eigenvalue weighted by molar-refractivity contribution is -0.384. The van der Waals surface area contributed by atoms with Crippen LogP contribution in [0.1, 0.15) is 18.5 Å². The second kappa shape index (κ2) is 5.71. The molecule has 0 saturated carbocycles. The molecule has 0 saturated heterocycles. The standard InChI is InChI=1S/C14H13ClN2O2/c1-10(11-5-3-2-4-6-11)16-12-7-8-13(15)14(9-12)17(18)19/h2-10,16H,1H3. The lowest BCUT2D eigenvalue weighted by atomic mass is 10.1. The third-order valence-electron chi connectivity index (χ3n) is 2.83. The van der Waals surface area contributed by atoms with E-state index < -0.39 is 4.92 Å². The van der Waals surface area contributed by atoms with Gasteiger partial charge < -0.3 is 5.32 Å². The van der Waals surface area contributed by atoms with Crippen LogP contribution in [0.2, 0.25) is 5.02 Å². The van der Waals surface area contributed by atoms with Gasteiger partial charge in [0.15, 0.2) is 0 Å². The first-order valence-electron chi connectivity index (χ1n) is 5.83. The van der Waals surface area contributed by atoms with E-state index in [0.29, 0.717) is 5.69 Å². The molecule has 0 aromatic heterocycles. The molecule has 5 heteroatoms. The molecule has 2 aromatic rings. The van der Waals surface area contributed by atoms with Gasteiger partial charge in [0.2, 0.25) is 0 Å². The van der Waals surface area contributed by atoms with E-state index in [1.807, 2.05) is 37.3 Å². The van der Waals surface area contributed by atoms with Gasteiger partial charge in [-0.2, -0.15) is 0 Å². The molecule has 0 radical (unpaired) electrons. The highest BCUT2D eigenvalue weighted by Gasteiger charge is 2.13. The number of halogens is 1. The fraction of sp³-hybridized carbons (Fsp3) is 0.143. The van der Waals surface area contributed by atoms with E-state index in [9.17, 15) is 10.1 Å². The average molecular weight is 277 g/mol. The minimum absolute atomic E-state index is 0.0574. The number of anilines is 1. The molecule has 98 valence electrons. The Morgan fingerprint density at radius 1 is 1.21 bits per heavy atom. The van der Waals surface area contributed by atoms with Crippen LogP contribution >= 0.6 is 11.6 Å². The van der Waals surface area contributed by atoms with Crippen LogP contribution in [0.3, 0.4) is 0 Å². The van der Waals surface area contributed by atoms with Gasteiger partial charge >= 0.3 is 0 Å². The molecule has 2 aromatic carbocycles. The number of nitro benzene ring substituents is 1. The molecule has 0 heterocycles. The Labute approximate surface area is 116 Å². The Morgan fingerprint density at radius 3 is 2.53 bits per heavy atom. The average Bonchev–Trinajstić information content (AvgIpc) is 2.41. The smallest absolute Gasteiger partial charge is 0.289 e. The van der Waals surface area contributed by atoms with E-state index in [2.05, 4.69) is 5.32 Å². The fourth-order valence-corrected chi connectivity index (χ4v) is 2.00. The van der Waals surface area contributed by atoms with Crippen molar-refractivity contribution in [3.63, 3.8) is 0 Å². The second-order valence-corrected chi connectivity index (χ2v) is 4.61. The molecule has 1 unspecified atom stereocenters. The van der Waals surface area contributed by atoms with E-state index >= 15 is 0 Å². The Morgan fingerprint density at radius 2 is 1.89 bits per heavy atom. The van der Waals surface area contributed by atoms with Gasteiger partial charge in [0.1, 0.15) is 5.02 Å². The molecular weight excluding hydrogens is 264 g/mol. The molecule has 0 aliphatic rings. The summed E-state index contributed by atoms with van der Waals surface area (Å²) in [5, 5.41) is 14.2. The maximum Gasteiger partial charge on any atom is 0.289 e. The van der Waals surface area contributed by atoms with Crippen LogP contribution in [0.5, 0.6) is 0 Å². The summed E-state index contributed by atoms with van der Waals surface area (Å²) in [7, 11) is 0. The van der Waals surface area contributed by atoms with E-state index in [1.165, 1.54) is 12.1 Å². The summed E-state index contributed by atoms with van der Waals surface area (Å²) in [6.07, 6.45) is 0. The van der Waals surface area contributed by atoms with Crippen LogP contribution < -0.4 is 5.32 Å². The maximum atomic E-state index is 10.8. The van der Waals surface area contributed by atoms with Crippen molar-refractivity contribution in [2.45, 2.75) is 13.0 Å². The van der Waals surface area contributed by atoms with E-state index in [4.69, 9.17) is 11.6 Å². The highest BCUT2D eigenvalue weighted by Crippen LogP contribution is 2.29. The predicted molar refractivity (Wildman–Crippen MR) is 76.6 cm³/mol. The SMILES string of the molecule is CC(Nc1ccc(Cl)c([N+](=O)[O-])c1)c1ccccc1. The summed E-state index contributed by atoms with van der Waals surface area (Å²) in [6, 6.07) is 14.6. The largest absolute Gasteiger partial charge is 0.378 e. The second-order valence-electron chi connectivity index (χ2n) is 4.20. The maximum absolute atomic E-state index is 10.8. The van der Waals surface area contributed by atoms with Crippen LogP contribution in [0.4, 0.5) is 11.4 Å². The van der Waals surface area contributed by atoms with Crippen LogP contribution in [-0.2, 0) is 0 Å². The summed E-state index contributed by atoms with van der Waals surface area (Å²) in [4.78, 5) is 10.3. The highest BCUT2D eigenvalue weighted by atomic mass is 35.5. The summed E-state index contributed by atoms with van der Waals surface area (Å²) >= 11 is 5.78. The first-order valence-corrected chi connectivity index (χ1v) is 6.21. The fourth-order valence-electron chi connectivity index (χ4n) is 1.82. The quantitative estimate of drug-likeness (QED) is 0.664. The molecule has 19 heavy (non-hydrogen) atoms. The Kier molecular flexibility index (Phi) is 4.02. The minimum atomic E-state index is -0.485. The number of nitro groups is 1. The molecule has 2 rings (SSSR count). The number of nitrogens with zero attached hydrogens (tertiary/aromatic N) is 1. The Bertz CT molecular complexity index is 587. The van der Waals surface area contributed by atoms with Crippen LogP contribution in [0, 0.1) is 10.1 Å². The highest BCUT2D eigenvalue weighted by molar-refractivity contribution is 6.32. The summed E-state index contributed by atoms with van der Waals surface area (Å²) in [5.74, 6) is 0. The monoisotopic (exact) mass is 276 g/mol. The molecule has 1 atom stereocenters. The van der Waals surface area contributed by atoms with Gasteiger partial charge in [-0.25, -0.2) is 0 Å². The van der Waals surface area contributed by atoms with Gasteiger partial charge in [-0.15, -0.1) is 0 Å². The summed E-state index contributed by atoms with van der Waals surface area (Å²) in [5.41, 5.74) is 1.69. The topological polar surface area (TPSA) is 55.2 Å². The number of rotatable bonds is 4. The zero-order chi connectivity index (χ0) is 13.8.